The first-order chi connectivity index (χ1) is 18.3. The average molecular weight is 564 g/mol. The minimum atomic E-state index is -0.657. The number of ether oxygens (including phenoxy) is 2. The Balaban J connectivity index is 1.38. The van der Waals surface area contributed by atoms with E-state index in [0.717, 1.165) is 50.0 Å². The molecule has 1 aromatic carbocycles. The fourth-order valence-corrected chi connectivity index (χ4v) is 5.32. The van der Waals surface area contributed by atoms with Crippen molar-refractivity contribution in [2.24, 2.45) is 0 Å². The molecule has 0 radical (unpaired) electrons. The van der Waals surface area contributed by atoms with Crippen LogP contribution in [-0.2, 0) is 9.53 Å². The predicted octanol–water partition coefficient (Wildman–Crippen LogP) is 6.09. The summed E-state index contributed by atoms with van der Waals surface area (Å²) < 4.78 is 27.0. The van der Waals surface area contributed by atoms with Crippen LogP contribution in [0.4, 0.5) is 10.2 Å². The fraction of sp³-hybridized carbons (Fsp3) is 0.444. The van der Waals surface area contributed by atoms with Gasteiger partial charge in [-0.2, -0.15) is 5.10 Å². The van der Waals surface area contributed by atoms with Crippen molar-refractivity contribution in [1.82, 2.24) is 19.7 Å². The lowest BCUT2D eigenvalue weighted by Gasteiger charge is -2.31. The lowest BCUT2D eigenvalue weighted by molar-refractivity contribution is -0.143. The lowest BCUT2D eigenvalue weighted by Crippen LogP contribution is -2.35. The van der Waals surface area contributed by atoms with E-state index in [9.17, 15) is 9.18 Å². The summed E-state index contributed by atoms with van der Waals surface area (Å²) in [5.41, 5.74) is 8.09. The number of nitrogens with zero attached hydrogens (tertiary/aromatic N) is 4. The fourth-order valence-electron chi connectivity index (χ4n) is 4.65. The number of carbonyl (C=O) groups excluding carboxylic acids is 1. The number of nitrogen functional groups attached to an aromatic ring is 1. The largest absolute Gasteiger partial charge is 0.482 e. The number of halogens is 3. The third-order valence-corrected chi connectivity index (χ3v) is 7.41. The second-order valence-electron chi connectivity index (χ2n) is 9.31. The highest BCUT2D eigenvalue weighted by Gasteiger charge is 2.23. The van der Waals surface area contributed by atoms with Gasteiger partial charge in [-0.25, -0.2) is 9.37 Å². The summed E-state index contributed by atoms with van der Waals surface area (Å²) in [7, 11) is 0. The van der Waals surface area contributed by atoms with Gasteiger partial charge in [-0.05, 0) is 57.9 Å². The standard InChI is InChI=1S/C27H32Cl2FN5O3/c1-3-37-24(36)5-4-10-34-11-8-20(9-12-34)35-16-19(15-33-35)18-13-23(27(31)32-14-18)38-17(2)25-21(28)6-7-22(30)26(25)29/h6-7,13-17,20H,3-5,8-12H2,1-2H3,(H2,31,32)/t17-/m1/s1. The first-order valence-corrected chi connectivity index (χ1v) is 13.5. The van der Waals surface area contributed by atoms with Crippen molar-refractivity contribution in [2.75, 3.05) is 32.0 Å². The van der Waals surface area contributed by atoms with Gasteiger partial charge in [0.05, 0.1) is 23.9 Å². The zero-order valence-corrected chi connectivity index (χ0v) is 23.0. The maximum atomic E-state index is 14.0. The van der Waals surface area contributed by atoms with Gasteiger partial charge in [0.1, 0.15) is 11.9 Å². The number of pyridine rings is 1. The molecule has 0 amide bonds. The molecule has 0 spiro atoms. The molecule has 4 rings (SSSR count). The van der Waals surface area contributed by atoms with Crippen molar-refractivity contribution in [2.45, 2.75) is 51.7 Å². The van der Waals surface area contributed by atoms with Crippen LogP contribution in [0.5, 0.6) is 5.75 Å². The van der Waals surface area contributed by atoms with Crippen LogP contribution >= 0.6 is 23.2 Å². The number of nitrogens with two attached hydrogens (primary N) is 1. The van der Waals surface area contributed by atoms with Gasteiger partial charge in [-0.15, -0.1) is 0 Å². The maximum Gasteiger partial charge on any atom is 0.305 e. The Labute approximate surface area is 231 Å². The number of likely N-dealkylation sites (tertiary alicyclic amines) is 1. The monoisotopic (exact) mass is 563 g/mol. The summed E-state index contributed by atoms with van der Waals surface area (Å²) >= 11 is 12.4. The van der Waals surface area contributed by atoms with Gasteiger partial charge in [-0.3, -0.25) is 9.48 Å². The van der Waals surface area contributed by atoms with Crippen LogP contribution in [0, 0.1) is 5.82 Å². The molecule has 2 N–H and O–H groups in total. The van der Waals surface area contributed by atoms with Crippen molar-refractivity contribution >= 4 is 35.0 Å². The maximum absolute atomic E-state index is 14.0. The molecular formula is C27H32Cl2FN5O3. The summed E-state index contributed by atoms with van der Waals surface area (Å²) in [5.74, 6) is -0.160. The Morgan fingerprint density at radius 3 is 2.74 bits per heavy atom. The molecular weight excluding hydrogens is 532 g/mol. The molecule has 0 aliphatic carbocycles. The van der Waals surface area contributed by atoms with Crippen molar-refractivity contribution in [3.63, 3.8) is 0 Å². The molecule has 0 unspecified atom stereocenters. The molecule has 38 heavy (non-hydrogen) atoms. The van der Waals surface area contributed by atoms with Crippen LogP contribution in [0.1, 0.15) is 57.2 Å². The number of aromatic nitrogens is 3. The number of benzene rings is 1. The smallest absolute Gasteiger partial charge is 0.305 e. The van der Waals surface area contributed by atoms with Gasteiger partial charge in [0.2, 0.25) is 0 Å². The summed E-state index contributed by atoms with van der Waals surface area (Å²) in [6.45, 7) is 6.76. The Morgan fingerprint density at radius 2 is 2.00 bits per heavy atom. The molecule has 0 bridgehead atoms. The molecule has 1 saturated heterocycles. The Morgan fingerprint density at radius 1 is 1.24 bits per heavy atom. The number of carbonyl (C=O) groups is 1. The minimum Gasteiger partial charge on any atom is -0.482 e. The lowest BCUT2D eigenvalue weighted by atomic mass is 10.0. The predicted molar refractivity (Wildman–Crippen MR) is 146 cm³/mol. The molecule has 1 atom stereocenters. The highest BCUT2D eigenvalue weighted by molar-refractivity contribution is 6.36. The zero-order chi connectivity index (χ0) is 27.2. The molecule has 1 aliphatic rings. The van der Waals surface area contributed by atoms with Crippen LogP contribution in [-0.4, -0.2) is 51.9 Å². The number of hydrogen-bond donors (Lipinski definition) is 1. The van der Waals surface area contributed by atoms with Crippen LogP contribution in [0.15, 0.2) is 36.8 Å². The van der Waals surface area contributed by atoms with E-state index < -0.39 is 11.9 Å². The van der Waals surface area contributed by atoms with Crippen LogP contribution in [0.3, 0.4) is 0 Å². The van der Waals surface area contributed by atoms with Crippen LogP contribution in [0.25, 0.3) is 11.1 Å². The highest BCUT2D eigenvalue weighted by atomic mass is 35.5. The van der Waals surface area contributed by atoms with Crippen molar-refractivity contribution < 1.29 is 18.7 Å². The first kappa shape index (κ1) is 28.1. The van der Waals surface area contributed by atoms with Gasteiger partial charge in [0, 0.05) is 53.6 Å². The molecule has 1 fully saturated rings. The van der Waals surface area contributed by atoms with Crippen LogP contribution in [0.2, 0.25) is 10.0 Å². The average Bonchev–Trinajstić information content (AvgIpc) is 3.39. The molecule has 3 heterocycles. The van der Waals surface area contributed by atoms with Gasteiger partial charge in [0.25, 0.3) is 0 Å². The third kappa shape index (κ3) is 6.76. The summed E-state index contributed by atoms with van der Waals surface area (Å²) in [6, 6.07) is 4.73. The Bertz CT molecular complexity index is 1260. The van der Waals surface area contributed by atoms with E-state index in [0.29, 0.717) is 35.4 Å². The van der Waals surface area contributed by atoms with Crippen molar-refractivity contribution in [3.05, 3.63) is 58.2 Å². The number of rotatable bonds is 10. The van der Waals surface area contributed by atoms with E-state index in [-0.39, 0.29) is 16.8 Å². The number of esters is 1. The summed E-state index contributed by atoms with van der Waals surface area (Å²) in [5, 5.41) is 4.82. The van der Waals surface area contributed by atoms with E-state index in [1.165, 1.54) is 12.1 Å². The number of hydrogen-bond acceptors (Lipinski definition) is 7. The van der Waals surface area contributed by atoms with E-state index in [1.807, 2.05) is 17.8 Å². The molecule has 1 aliphatic heterocycles. The van der Waals surface area contributed by atoms with Gasteiger partial charge >= 0.3 is 5.97 Å². The number of anilines is 1. The SMILES string of the molecule is CCOC(=O)CCCN1CCC(n2cc(-c3cnc(N)c(O[C@H](C)c4c(Cl)ccc(F)c4Cl)c3)cn2)CC1. The highest BCUT2D eigenvalue weighted by Crippen LogP contribution is 2.37. The van der Waals surface area contributed by atoms with Gasteiger partial charge < -0.3 is 20.1 Å². The second kappa shape index (κ2) is 12.8. The van der Waals surface area contributed by atoms with Gasteiger partial charge in [0.15, 0.2) is 11.6 Å². The first-order valence-electron chi connectivity index (χ1n) is 12.7. The zero-order valence-electron chi connectivity index (χ0n) is 21.5. The second-order valence-corrected chi connectivity index (χ2v) is 10.1. The molecule has 2 aromatic heterocycles. The third-order valence-electron chi connectivity index (χ3n) is 6.70. The Kier molecular flexibility index (Phi) is 9.46. The van der Waals surface area contributed by atoms with E-state index in [4.69, 9.17) is 38.4 Å². The molecule has 0 saturated carbocycles. The summed E-state index contributed by atoms with van der Waals surface area (Å²) in [6.07, 6.45) is 8.02. The number of piperidine rings is 1. The van der Waals surface area contributed by atoms with E-state index in [2.05, 4.69) is 15.0 Å². The normalized spacial score (nSPS) is 15.4. The minimum absolute atomic E-state index is 0.0843. The molecule has 11 heteroatoms. The quantitative estimate of drug-likeness (QED) is 0.235. The summed E-state index contributed by atoms with van der Waals surface area (Å²) in [4.78, 5) is 18.2. The molecule has 8 nitrogen and oxygen atoms in total. The van der Waals surface area contributed by atoms with E-state index in [1.54, 1.807) is 25.4 Å². The van der Waals surface area contributed by atoms with Gasteiger partial charge in [-0.1, -0.05) is 23.2 Å². The topological polar surface area (TPSA) is 95.5 Å². The van der Waals surface area contributed by atoms with Crippen molar-refractivity contribution in [1.29, 1.82) is 0 Å². The molecule has 3 aromatic rings. The van der Waals surface area contributed by atoms with E-state index >= 15 is 0 Å². The Hall–Kier alpha value is -2.88. The molecule has 204 valence electrons. The van der Waals surface area contributed by atoms with Crippen LogP contribution < -0.4 is 10.5 Å². The van der Waals surface area contributed by atoms with Crippen molar-refractivity contribution in [3.8, 4) is 16.9 Å².